The summed E-state index contributed by atoms with van der Waals surface area (Å²) in [7, 11) is -2.83. The Labute approximate surface area is 173 Å². The van der Waals surface area contributed by atoms with E-state index in [-0.39, 0.29) is 30.2 Å². The molecule has 2 aliphatic heterocycles. The number of hydrogen-bond acceptors (Lipinski definition) is 6. The molecule has 156 valence electrons. The summed E-state index contributed by atoms with van der Waals surface area (Å²) in [5, 5.41) is 2.55. The van der Waals surface area contributed by atoms with Crippen molar-refractivity contribution in [2.24, 2.45) is 0 Å². The third-order valence-corrected chi connectivity index (χ3v) is 6.97. The molecule has 2 aromatic carbocycles. The largest absolute Gasteiger partial charge is 0.482 e. The van der Waals surface area contributed by atoms with Gasteiger partial charge in [-0.3, -0.25) is 19.3 Å². The number of nitrogens with zero attached hydrogens (tertiary/aromatic N) is 2. The number of nitrogens with one attached hydrogen (secondary N) is 1. The third-order valence-electron chi connectivity index (χ3n) is 5.10. The van der Waals surface area contributed by atoms with Crippen LogP contribution < -0.4 is 10.1 Å². The van der Waals surface area contributed by atoms with Gasteiger partial charge in [-0.15, -0.1) is 0 Å². The number of likely N-dealkylation sites (tertiary alicyclic amines) is 1. The first-order valence-corrected chi connectivity index (χ1v) is 10.6. The number of amides is 3. The van der Waals surface area contributed by atoms with Crippen molar-refractivity contribution >= 4 is 33.4 Å². The smallest absolute Gasteiger partial charge is 0.262 e. The van der Waals surface area contributed by atoms with Crippen LogP contribution >= 0.6 is 0 Å². The van der Waals surface area contributed by atoms with Gasteiger partial charge in [0.2, 0.25) is 21.8 Å². The summed E-state index contributed by atoms with van der Waals surface area (Å²) < 4.78 is 32.3. The lowest BCUT2D eigenvalue weighted by atomic mass is 10.2. The van der Waals surface area contributed by atoms with Gasteiger partial charge in [-0.25, -0.2) is 8.42 Å². The SMILES string of the molecule is CN(C1CC(=O)N(Cc2ccccc2)C1=O)S(=O)(=O)c1ccc2c(c1)NC(=O)CO2. The Hall–Kier alpha value is -3.24. The average Bonchev–Trinajstić information content (AvgIpc) is 3.01. The van der Waals surface area contributed by atoms with Gasteiger partial charge in [0.1, 0.15) is 11.8 Å². The maximum atomic E-state index is 13.1. The van der Waals surface area contributed by atoms with E-state index < -0.39 is 33.8 Å². The number of ether oxygens (including phenoxy) is 1. The van der Waals surface area contributed by atoms with Gasteiger partial charge in [-0.2, -0.15) is 4.31 Å². The Kier molecular flexibility index (Phi) is 5.04. The summed E-state index contributed by atoms with van der Waals surface area (Å²) in [5.41, 5.74) is 1.01. The van der Waals surface area contributed by atoms with Crippen LogP contribution in [0.2, 0.25) is 0 Å². The Morgan fingerprint density at radius 3 is 2.60 bits per heavy atom. The number of anilines is 1. The molecule has 2 heterocycles. The number of likely N-dealkylation sites (N-methyl/N-ethyl adjacent to an activating group) is 1. The standard InChI is InChI=1S/C20H19N3O6S/c1-22(16-10-19(25)23(20(16)26)11-13-5-3-2-4-6-13)30(27,28)14-7-8-17-15(9-14)21-18(24)12-29-17/h2-9,16H,10-12H2,1H3,(H,21,24). The van der Waals surface area contributed by atoms with E-state index in [1.165, 1.54) is 25.2 Å². The van der Waals surface area contributed by atoms with Crippen LogP contribution in [0.15, 0.2) is 53.4 Å². The molecule has 30 heavy (non-hydrogen) atoms. The van der Waals surface area contributed by atoms with Crippen molar-refractivity contribution in [2.75, 3.05) is 19.0 Å². The van der Waals surface area contributed by atoms with E-state index in [1.54, 1.807) is 24.3 Å². The lowest BCUT2D eigenvalue weighted by Crippen LogP contribution is -2.42. The number of hydrogen-bond donors (Lipinski definition) is 1. The fraction of sp³-hybridized carbons (Fsp3) is 0.250. The van der Waals surface area contributed by atoms with Crippen molar-refractivity contribution in [1.29, 1.82) is 0 Å². The number of carbonyl (C=O) groups excluding carboxylic acids is 3. The Balaban J connectivity index is 1.57. The predicted molar refractivity (Wildman–Crippen MR) is 106 cm³/mol. The van der Waals surface area contributed by atoms with Gasteiger partial charge in [0.25, 0.3) is 5.91 Å². The molecule has 1 unspecified atom stereocenters. The highest BCUT2D eigenvalue weighted by molar-refractivity contribution is 7.89. The summed E-state index contributed by atoms with van der Waals surface area (Å²) in [4.78, 5) is 37.7. The van der Waals surface area contributed by atoms with Crippen LogP contribution in [0.1, 0.15) is 12.0 Å². The number of imide groups is 1. The van der Waals surface area contributed by atoms with Crippen LogP contribution in [0.3, 0.4) is 0 Å². The number of rotatable bonds is 5. The molecule has 1 saturated heterocycles. The molecule has 4 rings (SSSR count). The van der Waals surface area contributed by atoms with Gasteiger partial charge in [0, 0.05) is 7.05 Å². The second kappa shape index (κ2) is 7.54. The fourth-order valence-electron chi connectivity index (χ4n) is 3.44. The first kappa shape index (κ1) is 20.0. The van der Waals surface area contributed by atoms with Gasteiger partial charge in [-0.05, 0) is 23.8 Å². The normalized spacial score (nSPS) is 18.9. The molecule has 0 aliphatic carbocycles. The Bertz CT molecular complexity index is 1130. The molecule has 2 aliphatic rings. The molecule has 10 heteroatoms. The highest BCUT2D eigenvalue weighted by Crippen LogP contribution is 2.32. The summed E-state index contributed by atoms with van der Waals surface area (Å²) in [6.45, 7) is -0.0555. The van der Waals surface area contributed by atoms with Crippen molar-refractivity contribution in [3.8, 4) is 5.75 Å². The lowest BCUT2D eigenvalue weighted by molar-refractivity contribution is -0.140. The quantitative estimate of drug-likeness (QED) is 0.709. The molecule has 0 radical (unpaired) electrons. The van der Waals surface area contributed by atoms with Gasteiger partial charge in [0.05, 0.1) is 23.5 Å². The summed E-state index contributed by atoms with van der Waals surface area (Å²) >= 11 is 0. The van der Waals surface area contributed by atoms with Crippen molar-refractivity contribution in [3.63, 3.8) is 0 Å². The highest BCUT2D eigenvalue weighted by atomic mass is 32.2. The first-order valence-electron chi connectivity index (χ1n) is 9.20. The zero-order valence-electron chi connectivity index (χ0n) is 16.1. The molecular weight excluding hydrogens is 410 g/mol. The molecular formula is C20H19N3O6S. The maximum absolute atomic E-state index is 13.1. The minimum Gasteiger partial charge on any atom is -0.482 e. The monoisotopic (exact) mass is 429 g/mol. The number of benzene rings is 2. The molecule has 3 amide bonds. The maximum Gasteiger partial charge on any atom is 0.262 e. The van der Waals surface area contributed by atoms with Crippen molar-refractivity contribution in [3.05, 3.63) is 54.1 Å². The molecule has 1 N–H and O–H groups in total. The van der Waals surface area contributed by atoms with E-state index in [9.17, 15) is 22.8 Å². The van der Waals surface area contributed by atoms with E-state index in [0.717, 1.165) is 14.8 Å². The van der Waals surface area contributed by atoms with E-state index in [1.807, 2.05) is 6.07 Å². The third kappa shape index (κ3) is 3.55. The lowest BCUT2D eigenvalue weighted by Gasteiger charge is -2.24. The number of sulfonamides is 1. The van der Waals surface area contributed by atoms with Crippen molar-refractivity contribution < 1.29 is 27.5 Å². The average molecular weight is 429 g/mol. The minimum absolute atomic E-state index is 0.0884. The van der Waals surface area contributed by atoms with E-state index in [0.29, 0.717) is 5.75 Å². The predicted octanol–water partition coefficient (Wildman–Crippen LogP) is 0.966. The number of carbonyl (C=O) groups is 3. The van der Waals surface area contributed by atoms with Crippen LogP contribution in [-0.2, 0) is 31.0 Å². The molecule has 0 spiro atoms. The van der Waals surface area contributed by atoms with Crippen LogP contribution in [-0.4, -0.2) is 55.0 Å². The molecule has 1 fully saturated rings. The van der Waals surface area contributed by atoms with E-state index in [2.05, 4.69) is 5.32 Å². The second-order valence-corrected chi connectivity index (χ2v) is 9.04. The summed E-state index contributed by atoms with van der Waals surface area (Å²) in [5.74, 6) is -1.03. The van der Waals surface area contributed by atoms with Gasteiger partial charge >= 0.3 is 0 Å². The zero-order valence-corrected chi connectivity index (χ0v) is 16.9. The molecule has 9 nitrogen and oxygen atoms in total. The van der Waals surface area contributed by atoms with E-state index >= 15 is 0 Å². The van der Waals surface area contributed by atoms with Gasteiger partial charge in [-0.1, -0.05) is 30.3 Å². The van der Waals surface area contributed by atoms with Gasteiger partial charge < -0.3 is 10.1 Å². The van der Waals surface area contributed by atoms with Crippen LogP contribution in [0.5, 0.6) is 5.75 Å². The van der Waals surface area contributed by atoms with E-state index in [4.69, 9.17) is 4.74 Å². The molecule has 0 aromatic heterocycles. The number of fused-ring (bicyclic) bond motifs is 1. The second-order valence-electron chi connectivity index (χ2n) is 7.04. The topological polar surface area (TPSA) is 113 Å². The molecule has 1 atom stereocenters. The Morgan fingerprint density at radius 2 is 1.87 bits per heavy atom. The fourth-order valence-corrected chi connectivity index (χ4v) is 4.78. The highest BCUT2D eigenvalue weighted by Gasteiger charge is 2.44. The first-order chi connectivity index (χ1) is 14.3. The minimum atomic E-state index is -4.10. The summed E-state index contributed by atoms with van der Waals surface area (Å²) in [6.07, 6.45) is -0.230. The Morgan fingerprint density at radius 1 is 1.13 bits per heavy atom. The molecule has 2 aromatic rings. The van der Waals surface area contributed by atoms with Crippen LogP contribution in [0.25, 0.3) is 0 Å². The van der Waals surface area contributed by atoms with Crippen LogP contribution in [0.4, 0.5) is 5.69 Å². The van der Waals surface area contributed by atoms with Gasteiger partial charge in [0.15, 0.2) is 6.61 Å². The van der Waals surface area contributed by atoms with Crippen molar-refractivity contribution in [1.82, 2.24) is 9.21 Å². The molecule has 0 saturated carbocycles. The van der Waals surface area contributed by atoms with Crippen LogP contribution in [0, 0.1) is 0 Å². The summed E-state index contributed by atoms with van der Waals surface area (Å²) in [6, 6.07) is 11.9. The zero-order chi connectivity index (χ0) is 21.5. The van der Waals surface area contributed by atoms with Crippen molar-refractivity contribution in [2.45, 2.75) is 23.9 Å². The molecule has 0 bridgehead atoms.